The van der Waals surface area contributed by atoms with Crippen molar-refractivity contribution in [2.45, 2.75) is 6.18 Å². The van der Waals surface area contributed by atoms with E-state index in [1.54, 1.807) is 6.07 Å². The minimum absolute atomic E-state index is 0.00940. The molecule has 0 saturated heterocycles. The Hall–Kier alpha value is -3.46. The van der Waals surface area contributed by atoms with Crippen LogP contribution in [-0.2, 0) is 6.18 Å². The van der Waals surface area contributed by atoms with Crippen molar-refractivity contribution in [2.75, 3.05) is 5.32 Å². The number of carbonyl (C=O) groups is 1. The van der Waals surface area contributed by atoms with Gasteiger partial charge in [-0.1, -0.05) is 24.3 Å². The molecular formula is C20H11F3N2O3S. The number of amides is 1. The third-order valence-electron chi connectivity index (χ3n) is 4.16. The second-order valence-electron chi connectivity index (χ2n) is 6.02. The van der Waals surface area contributed by atoms with Crippen LogP contribution in [0.15, 0.2) is 69.5 Å². The fraction of sp³-hybridized carbons (Fsp3) is 0.0500. The highest BCUT2D eigenvalue weighted by atomic mass is 32.1. The number of hydrogen-bond donors (Lipinski definition) is 1. The summed E-state index contributed by atoms with van der Waals surface area (Å²) in [6.45, 7) is 0. The molecule has 0 aliphatic rings. The topological polar surface area (TPSA) is 72.2 Å². The van der Waals surface area contributed by atoms with Gasteiger partial charge in [0.1, 0.15) is 10.6 Å². The van der Waals surface area contributed by atoms with Crippen molar-refractivity contribution in [3.8, 4) is 11.3 Å². The van der Waals surface area contributed by atoms with Crippen LogP contribution in [0.1, 0.15) is 15.2 Å². The molecule has 5 nitrogen and oxygen atoms in total. The highest BCUT2D eigenvalue weighted by Gasteiger charge is 2.34. The van der Waals surface area contributed by atoms with Crippen LogP contribution in [0.4, 0.5) is 18.9 Å². The number of hydrogen-bond acceptors (Lipinski definition) is 5. The van der Waals surface area contributed by atoms with Gasteiger partial charge in [-0.3, -0.25) is 14.6 Å². The number of thiazole rings is 1. The average molecular weight is 416 g/mol. The summed E-state index contributed by atoms with van der Waals surface area (Å²) in [4.78, 5) is 29.0. The third kappa shape index (κ3) is 3.64. The van der Waals surface area contributed by atoms with E-state index >= 15 is 0 Å². The Bertz CT molecular complexity index is 1260. The highest BCUT2D eigenvalue weighted by Crippen LogP contribution is 2.37. The van der Waals surface area contributed by atoms with Crippen molar-refractivity contribution < 1.29 is 22.4 Å². The Labute approximate surface area is 165 Å². The van der Waals surface area contributed by atoms with E-state index in [4.69, 9.17) is 4.42 Å². The van der Waals surface area contributed by atoms with Crippen LogP contribution in [0.5, 0.6) is 0 Å². The second-order valence-corrected chi connectivity index (χ2v) is 6.91. The van der Waals surface area contributed by atoms with Crippen LogP contribution >= 0.6 is 11.3 Å². The maximum atomic E-state index is 13.4. The number of rotatable bonds is 3. The van der Waals surface area contributed by atoms with Crippen molar-refractivity contribution in [3.63, 3.8) is 0 Å². The number of halogens is 3. The van der Waals surface area contributed by atoms with Gasteiger partial charge in [0, 0.05) is 11.6 Å². The predicted octanol–water partition coefficient (Wildman–Crippen LogP) is 5.19. The summed E-state index contributed by atoms with van der Waals surface area (Å²) in [6, 6.07) is 10.4. The van der Waals surface area contributed by atoms with Gasteiger partial charge >= 0.3 is 6.18 Å². The molecule has 4 aromatic rings. The smallest absolute Gasteiger partial charge is 0.417 e. The number of fused-ring (bicyclic) bond motifs is 1. The summed E-state index contributed by atoms with van der Waals surface area (Å²) in [5, 5.41) is 2.75. The molecule has 146 valence electrons. The maximum absolute atomic E-state index is 13.4. The summed E-state index contributed by atoms with van der Waals surface area (Å²) < 4.78 is 45.8. The van der Waals surface area contributed by atoms with E-state index in [-0.39, 0.29) is 28.0 Å². The number of para-hydroxylation sites is 1. The molecule has 0 bridgehead atoms. The van der Waals surface area contributed by atoms with E-state index in [0.717, 1.165) is 23.5 Å². The number of anilines is 1. The van der Waals surface area contributed by atoms with Crippen LogP contribution in [0.25, 0.3) is 22.3 Å². The lowest BCUT2D eigenvalue weighted by atomic mass is 10.0. The summed E-state index contributed by atoms with van der Waals surface area (Å²) in [6.07, 6.45) is -3.24. The molecule has 0 fully saturated rings. The van der Waals surface area contributed by atoms with E-state index < -0.39 is 23.1 Å². The number of carbonyl (C=O) groups excluding carboxylic acids is 1. The highest BCUT2D eigenvalue weighted by molar-refractivity contribution is 7.11. The Morgan fingerprint density at radius 3 is 2.62 bits per heavy atom. The van der Waals surface area contributed by atoms with Crippen LogP contribution in [0.2, 0.25) is 0 Å². The number of nitrogens with one attached hydrogen (secondary N) is 1. The number of nitrogens with zero attached hydrogens (tertiary/aromatic N) is 1. The molecular weight excluding hydrogens is 405 g/mol. The summed E-state index contributed by atoms with van der Waals surface area (Å²) >= 11 is 1.12. The largest absolute Gasteiger partial charge is 0.454 e. The molecule has 0 atom stereocenters. The Morgan fingerprint density at radius 1 is 1.10 bits per heavy atom. The lowest BCUT2D eigenvalue weighted by Crippen LogP contribution is -2.12. The monoisotopic (exact) mass is 416 g/mol. The molecule has 2 heterocycles. The zero-order valence-electron chi connectivity index (χ0n) is 14.5. The van der Waals surface area contributed by atoms with Gasteiger partial charge in [-0.05, 0) is 18.2 Å². The first kappa shape index (κ1) is 18.9. The fourth-order valence-electron chi connectivity index (χ4n) is 2.87. The van der Waals surface area contributed by atoms with Gasteiger partial charge in [0.25, 0.3) is 5.91 Å². The molecule has 0 spiro atoms. The van der Waals surface area contributed by atoms with Gasteiger partial charge in [0.15, 0.2) is 11.0 Å². The first-order chi connectivity index (χ1) is 13.8. The predicted molar refractivity (Wildman–Crippen MR) is 103 cm³/mol. The maximum Gasteiger partial charge on any atom is 0.417 e. The van der Waals surface area contributed by atoms with Crippen molar-refractivity contribution in [2.24, 2.45) is 0 Å². The van der Waals surface area contributed by atoms with Crippen molar-refractivity contribution >= 4 is 33.9 Å². The SMILES string of the molecule is O=C(Nc1cccc2c(=O)cc(-c3ccccc3C(F)(F)F)oc12)c1cncs1. The molecule has 4 rings (SSSR count). The van der Waals surface area contributed by atoms with Gasteiger partial charge in [0.05, 0.1) is 28.3 Å². The molecule has 1 N–H and O–H groups in total. The zero-order valence-corrected chi connectivity index (χ0v) is 15.3. The van der Waals surface area contributed by atoms with Gasteiger partial charge < -0.3 is 9.73 Å². The number of aromatic nitrogens is 1. The standard InChI is InChI=1S/C20H11F3N2O3S/c21-20(22,23)13-6-2-1-4-11(13)16-8-15(26)12-5-3-7-14(18(12)28-16)25-19(27)17-9-24-10-29-17/h1-10H,(H,25,27). The molecule has 0 unspecified atom stereocenters. The molecule has 0 saturated carbocycles. The van der Waals surface area contributed by atoms with Crippen LogP contribution in [0.3, 0.4) is 0 Å². The molecule has 1 amide bonds. The van der Waals surface area contributed by atoms with Gasteiger partial charge in [-0.25, -0.2) is 0 Å². The minimum atomic E-state index is -4.62. The van der Waals surface area contributed by atoms with Gasteiger partial charge in [0.2, 0.25) is 0 Å². The minimum Gasteiger partial charge on any atom is -0.454 e. The van der Waals surface area contributed by atoms with E-state index in [1.807, 2.05) is 0 Å². The van der Waals surface area contributed by atoms with E-state index in [0.29, 0.717) is 4.88 Å². The van der Waals surface area contributed by atoms with E-state index in [9.17, 15) is 22.8 Å². The molecule has 0 aliphatic heterocycles. The summed E-state index contributed by atoms with van der Waals surface area (Å²) in [5.74, 6) is -0.710. The normalized spacial score (nSPS) is 11.6. The third-order valence-corrected chi connectivity index (χ3v) is 4.93. The van der Waals surface area contributed by atoms with E-state index in [1.165, 1.54) is 42.0 Å². The second kappa shape index (κ2) is 7.17. The number of alkyl halides is 3. The summed E-state index contributed by atoms with van der Waals surface area (Å²) in [7, 11) is 0. The first-order valence-electron chi connectivity index (χ1n) is 8.28. The van der Waals surface area contributed by atoms with Gasteiger partial charge in [-0.15, -0.1) is 11.3 Å². The molecule has 0 radical (unpaired) electrons. The van der Waals surface area contributed by atoms with Gasteiger partial charge in [-0.2, -0.15) is 13.2 Å². The molecule has 9 heteroatoms. The number of benzene rings is 2. The molecule has 2 aromatic heterocycles. The molecule has 29 heavy (non-hydrogen) atoms. The lowest BCUT2D eigenvalue weighted by Gasteiger charge is -2.13. The molecule has 0 aliphatic carbocycles. The Morgan fingerprint density at radius 2 is 1.90 bits per heavy atom. The Balaban J connectivity index is 1.87. The van der Waals surface area contributed by atoms with Crippen molar-refractivity contribution in [3.05, 3.63) is 80.9 Å². The lowest BCUT2D eigenvalue weighted by molar-refractivity contribution is -0.137. The molecule has 2 aromatic carbocycles. The first-order valence-corrected chi connectivity index (χ1v) is 9.16. The fourth-order valence-corrected chi connectivity index (χ4v) is 3.38. The average Bonchev–Trinajstić information content (AvgIpc) is 3.23. The van der Waals surface area contributed by atoms with Crippen LogP contribution in [0, 0.1) is 0 Å². The van der Waals surface area contributed by atoms with Crippen LogP contribution < -0.4 is 10.7 Å². The van der Waals surface area contributed by atoms with E-state index in [2.05, 4.69) is 10.3 Å². The zero-order chi connectivity index (χ0) is 20.6. The van der Waals surface area contributed by atoms with Crippen molar-refractivity contribution in [1.29, 1.82) is 0 Å². The van der Waals surface area contributed by atoms with Crippen LogP contribution in [-0.4, -0.2) is 10.9 Å². The Kier molecular flexibility index (Phi) is 4.67. The quantitative estimate of drug-likeness (QED) is 0.499. The van der Waals surface area contributed by atoms with Crippen molar-refractivity contribution in [1.82, 2.24) is 4.98 Å². The summed E-state index contributed by atoms with van der Waals surface area (Å²) in [5.41, 5.74) is -0.0535.